The predicted octanol–water partition coefficient (Wildman–Crippen LogP) is 4.07. The van der Waals surface area contributed by atoms with Crippen molar-refractivity contribution >= 4 is 21.6 Å². The summed E-state index contributed by atoms with van der Waals surface area (Å²) < 4.78 is 14.6. The van der Waals surface area contributed by atoms with Crippen LogP contribution in [0, 0.1) is 17.1 Å². The van der Waals surface area contributed by atoms with Crippen molar-refractivity contribution in [3.8, 4) is 6.07 Å². The number of hydrogen-bond donors (Lipinski definition) is 1. The molecule has 2 aromatic rings. The lowest BCUT2D eigenvalue weighted by atomic mass is 10.2. The molecule has 0 radical (unpaired) electrons. The van der Waals surface area contributed by atoms with Crippen LogP contribution in [0.25, 0.3) is 0 Å². The lowest BCUT2D eigenvalue weighted by Gasteiger charge is -2.08. The summed E-state index contributed by atoms with van der Waals surface area (Å²) in [5.74, 6) is -0.413. The van der Waals surface area contributed by atoms with Gasteiger partial charge < -0.3 is 5.32 Å². The average molecular weight is 305 g/mol. The molecule has 0 saturated carbocycles. The molecule has 0 heterocycles. The molecule has 2 rings (SSSR count). The minimum atomic E-state index is -0.413. The van der Waals surface area contributed by atoms with Gasteiger partial charge in [0.15, 0.2) is 0 Å². The highest BCUT2D eigenvalue weighted by molar-refractivity contribution is 9.10. The van der Waals surface area contributed by atoms with E-state index >= 15 is 0 Å². The highest BCUT2D eigenvalue weighted by Gasteiger charge is 2.03. The van der Waals surface area contributed by atoms with E-state index in [9.17, 15) is 4.39 Å². The molecule has 4 heteroatoms. The molecule has 1 N–H and O–H groups in total. The molecular formula is C14H10BrFN2. The summed E-state index contributed by atoms with van der Waals surface area (Å²) in [7, 11) is 0. The lowest BCUT2D eigenvalue weighted by Crippen LogP contribution is -2.01. The fourth-order valence-corrected chi connectivity index (χ4v) is 2.02. The van der Waals surface area contributed by atoms with Gasteiger partial charge in [-0.15, -0.1) is 0 Å². The molecule has 0 bridgehead atoms. The average Bonchev–Trinajstić information content (AvgIpc) is 2.37. The second kappa shape index (κ2) is 5.65. The smallest absolute Gasteiger partial charge is 0.147 e. The molecule has 0 aliphatic heterocycles. The fourth-order valence-electron chi connectivity index (χ4n) is 1.57. The number of rotatable bonds is 3. The van der Waals surface area contributed by atoms with Crippen LogP contribution in [0.2, 0.25) is 0 Å². The third kappa shape index (κ3) is 3.08. The molecule has 90 valence electrons. The first kappa shape index (κ1) is 12.6. The number of hydrogen-bond acceptors (Lipinski definition) is 2. The van der Waals surface area contributed by atoms with Gasteiger partial charge in [0.1, 0.15) is 5.82 Å². The first-order chi connectivity index (χ1) is 8.69. The molecular weight excluding hydrogens is 295 g/mol. The summed E-state index contributed by atoms with van der Waals surface area (Å²) in [5.41, 5.74) is 1.77. The molecule has 2 aromatic carbocycles. The van der Waals surface area contributed by atoms with E-state index in [-0.39, 0.29) is 0 Å². The second-order valence-corrected chi connectivity index (χ2v) is 4.71. The van der Waals surface area contributed by atoms with Crippen LogP contribution in [0.3, 0.4) is 0 Å². The zero-order valence-corrected chi connectivity index (χ0v) is 11.0. The van der Waals surface area contributed by atoms with E-state index in [4.69, 9.17) is 5.26 Å². The predicted molar refractivity (Wildman–Crippen MR) is 72.6 cm³/mol. The van der Waals surface area contributed by atoms with Crippen molar-refractivity contribution < 1.29 is 4.39 Å². The Kier molecular flexibility index (Phi) is 3.96. The standard InChI is InChI=1S/C14H10BrFN2/c15-12-3-1-2-11(6-12)9-18-14-5-4-10(8-17)7-13(14)16/h1-7,18H,9H2. The second-order valence-electron chi connectivity index (χ2n) is 3.79. The molecule has 0 aliphatic rings. The van der Waals surface area contributed by atoms with Crippen LogP contribution in [0.1, 0.15) is 11.1 Å². The third-order valence-electron chi connectivity index (χ3n) is 2.47. The molecule has 2 nitrogen and oxygen atoms in total. The number of nitrogens with one attached hydrogen (secondary N) is 1. The highest BCUT2D eigenvalue weighted by atomic mass is 79.9. The van der Waals surface area contributed by atoms with E-state index in [2.05, 4.69) is 21.2 Å². The summed E-state index contributed by atoms with van der Waals surface area (Å²) in [4.78, 5) is 0. The van der Waals surface area contributed by atoms with E-state index in [1.807, 2.05) is 30.3 Å². The van der Waals surface area contributed by atoms with Crippen molar-refractivity contribution in [2.24, 2.45) is 0 Å². The first-order valence-electron chi connectivity index (χ1n) is 5.37. The Labute approximate surface area is 113 Å². The summed E-state index contributed by atoms with van der Waals surface area (Å²) in [6.45, 7) is 0.530. The van der Waals surface area contributed by atoms with Crippen LogP contribution < -0.4 is 5.32 Å². The van der Waals surface area contributed by atoms with E-state index < -0.39 is 5.82 Å². The molecule has 0 unspecified atom stereocenters. The highest BCUT2D eigenvalue weighted by Crippen LogP contribution is 2.17. The Hall–Kier alpha value is -1.86. The monoisotopic (exact) mass is 304 g/mol. The van der Waals surface area contributed by atoms with E-state index in [1.165, 1.54) is 6.07 Å². The molecule has 0 aliphatic carbocycles. The quantitative estimate of drug-likeness (QED) is 0.927. The van der Waals surface area contributed by atoms with Crippen molar-refractivity contribution in [2.45, 2.75) is 6.54 Å². The number of nitriles is 1. The Morgan fingerprint density at radius 3 is 2.72 bits per heavy atom. The molecule has 0 amide bonds. The van der Waals surface area contributed by atoms with Crippen molar-refractivity contribution in [1.82, 2.24) is 0 Å². The zero-order chi connectivity index (χ0) is 13.0. The largest absolute Gasteiger partial charge is 0.379 e. The number of benzene rings is 2. The van der Waals surface area contributed by atoms with Gasteiger partial charge in [-0.2, -0.15) is 5.26 Å². The zero-order valence-electron chi connectivity index (χ0n) is 9.45. The minimum Gasteiger partial charge on any atom is -0.379 e. The van der Waals surface area contributed by atoms with E-state index in [1.54, 1.807) is 12.1 Å². The molecule has 0 aromatic heterocycles. The molecule has 0 atom stereocenters. The molecule has 0 fully saturated rings. The Balaban J connectivity index is 2.09. The van der Waals surface area contributed by atoms with Crippen molar-refractivity contribution in [1.29, 1.82) is 5.26 Å². The molecule has 0 saturated heterocycles. The Morgan fingerprint density at radius 2 is 2.06 bits per heavy atom. The fraction of sp³-hybridized carbons (Fsp3) is 0.0714. The van der Waals surface area contributed by atoms with E-state index in [0.29, 0.717) is 17.8 Å². The summed E-state index contributed by atoms with van der Waals surface area (Å²) >= 11 is 3.38. The first-order valence-corrected chi connectivity index (χ1v) is 6.16. The Bertz CT molecular complexity index is 605. The third-order valence-corrected chi connectivity index (χ3v) is 2.96. The number of anilines is 1. The van der Waals surface area contributed by atoms with Crippen LogP contribution >= 0.6 is 15.9 Å². The maximum absolute atomic E-state index is 13.6. The topological polar surface area (TPSA) is 35.8 Å². The van der Waals surface area contributed by atoms with Gasteiger partial charge in [-0.05, 0) is 35.9 Å². The number of halogens is 2. The summed E-state index contributed by atoms with van der Waals surface area (Å²) in [5, 5.41) is 11.7. The van der Waals surface area contributed by atoms with Crippen molar-refractivity contribution in [2.75, 3.05) is 5.32 Å². The van der Waals surface area contributed by atoms with Crippen LogP contribution in [-0.2, 0) is 6.54 Å². The van der Waals surface area contributed by atoms with Crippen molar-refractivity contribution in [3.63, 3.8) is 0 Å². The lowest BCUT2D eigenvalue weighted by molar-refractivity contribution is 0.629. The van der Waals surface area contributed by atoms with Gasteiger partial charge in [0, 0.05) is 11.0 Å². The van der Waals surface area contributed by atoms with Crippen LogP contribution in [-0.4, -0.2) is 0 Å². The van der Waals surface area contributed by atoms with Gasteiger partial charge in [0.05, 0.1) is 17.3 Å². The van der Waals surface area contributed by atoms with Gasteiger partial charge in [0.25, 0.3) is 0 Å². The van der Waals surface area contributed by atoms with Gasteiger partial charge in [-0.1, -0.05) is 28.1 Å². The van der Waals surface area contributed by atoms with Gasteiger partial charge in [-0.25, -0.2) is 4.39 Å². The van der Waals surface area contributed by atoms with Gasteiger partial charge in [0.2, 0.25) is 0 Å². The maximum Gasteiger partial charge on any atom is 0.147 e. The van der Waals surface area contributed by atoms with Crippen LogP contribution in [0.15, 0.2) is 46.9 Å². The minimum absolute atomic E-state index is 0.320. The summed E-state index contributed by atoms with van der Waals surface area (Å²) in [6.07, 6.45) is 0. The number of nitrogens with zero attached hydrogens (tertiary/aromatic N) is 1. The SMILES string of the molecule is N#Cc1ccc(NCc2cccc(Br)c2)c(F)c1. The van der Waals surface area contributed by atoms with Gasteiger partial charge in [-0.3, -0.25) is 0 Å². The summed E-state index contributed by atoms with van der Waals surface area (Å²) in [6, 6.07) is 14.1. The van der Waals surface area contributed by atoms with Crippen LogP contribution in [0.4, 0.5) is 10.1 Å². The molecule has 18 heavy (non-hydrogen) atoms. The van der Waals surface area contributed by atoms with E-state index in [0.717, 1.165) is 10.0 Å². The van der Waals surface area contributed by atoms with Crippen LogP contribution in [0.5, 0.6) is 0 Å². The molecule has 0 spiro atoms. The normalized spacial score (nSPS) is 9.83. The Morgan fingerprint density at radius 1 is 1.22 bits per heavy atom. The van der Waals surface area contributed by atoms with Crippen molar-refractivity contribution in [3.05, 3.63) is 63.9 Å². The van der Waals surface area contributed by atoms with Gasteiger partial charge >= 0.3 is 0 Å². The maximum atomic E-state index is 13.6.